The predicted molar refractivity (Wildman–Crippen MR) is 141 cm³/mol. The minimum Gasteiger partial charge on any atom is -0.376 e. The lowest BCUT2D eigenvalue weighted by Crippen LogP contribution is -2.32. The molecule has 1 amide bonds. The third-order valence-corrected chi connectivity index (χ3v) is 8.01. The lowest BCUT2D eigenvalue weighted by molar-refractivity contribution is 0.0935. The number of carbonyl (C=O) groups excluding carboxylic acids is 2. The number of carbonyl (C=O) groups is 2. The van der Waals surface area contributed by atoms with Gasteiger partial charge in [0.05, 0.1) is 29.3 Å². The lowest BCUT2D eigenvalue weighted by atomic mass is 10.1. The van der Waals surface area contributed by atoms with Crippen molar-refractivity contribution < 1.29 is 14.3 Å². The van der Waals surface area contributed by atoms with Crippen molar-refractivity contribution in [1.29, 1.82) is 0 Å². The number of ether oxygens (including phenoxy) is 1. The third-order valence-electron chi connectivity index (χ3n) is 6.78. The van der Waals surface area contributed by atoms with E-state index in [1.165, 1.54) is 11.8 Å². The van der Waals surface area contributed by atoms with Crippen molar-refractivity contribution in [2.75, 3.05) is 12.4 Å². The third kappa shape index (κ3) is 5.66. The van der Waals surface area contributed by atoms with Crippen LogP contribution < -0.4 is 10.9 Å². The zero-order valence-electron chi connectivity index (χ0n) is 19.9. The molecule has 0 radical (unpaired) electrons. The van der Waals surface area contributed by atoms with Gasteiger partial charge in [0.15, 0.2) is 10.9 Å². The number of amides is 1. The average Bonchev–Trinajstić information content (AvgIpc) is 3.59. The van der Waals surface area contributed by atoms with Crippen LogP contribution in [0.1, 0.15) is 59.2 Å². The highest BCUT2D eigenvalue weighted by molar-refractivity contribution is 7.99. The van der Waals surface area contributed by atoms with Gasteiger partial charge in [0, 0.05) is 28.8 Å². The first-order valence-corrected chi connectivity index (χ1v) is 13.7. The molecule has 1 atom stereocenters. The maximum atomic E-state index is 13.5. The molecule has 0 unspecified atom stereocenters. The first-order chi connectivity index (χ1) is 17.5. The Morgan fingerprint density at radius 3 is 2.53 bits per heavy atom. The maximum Gasteiger partial charge on any atom is 0.262 e. The molecule has 1 N–H and O–H groups in total. The Hall–Kier alpha value is -2.68. The molecule has 1 saturated heterocycles. The summed E-state index contributed by atoms with van der Waals surface area (Å²) in [5.41, 5.74) is 1.28. The number of halogens is 1. The summed E-state index contributed by atoms with van der Waals surface area (Å²) in [6.45, 7) is 1.06. The van der Waals surface area contributed by atoms with Crippen LogP contribution in [0.3, 0.4) is 0 Å². The van der Waals surface area contributed by atoms with Crippen LogP contribution in [0.15, 0.2) is 52.4 Å². The molecular formula is C27H28ClN3O4S. The number of fused-ring (bicyclic) bond motifs is 1. The molecule has 1 aliphatic heterocycles. The van der Waals surface area contributed by atoms with Gasteiger partial charge in [-0.3, -0.25) is 19.0 Å². The van der Waals surface area contributed by atoms with E-state index in [0.29, 0.717) is 45.4 Å². The minimum atomic E-state index is -0.195. The fraction of sp³-hybridized carbons (Fsp3) is 0.407. The molecule has 2 fully saturated rings. The van der Waals surface area contributed by atoms with Gasteiger partial charge in [-0.2, -0.15) is 0 Å². The zero-order valence-corrected chi connectivity index (χ0v) is 21.4. The Morgan fingerprint density at radius 2 is 1.81 bits per heavy atom. The second-order valence-corrected chi connectivity index (χ2v) is 10.7. The zero-order chi connectivity index (χ0) is 25.1. The van der Waals surface area contributed by atoms with Crippen molar-refractivity contribution in [1.82, 2.24) is 14.9 Å². The molecule has 9 heteroatoms. The fourth-order valence-corrected chi connectivity index (χ4v) is 5.82. The van der Waals surface area contributed by atoms with Crippen LogP contribution >= 0.6 is 23.4 Å². The van der Waals surface area contributed by atoms with Crippen LogP contribution in [-0.2, 0) is 11.3 Å². The summed E-state index contributed by atoms with van der Waals surface area (Å²) in [6.07, 6.45) is 6.01. The smallest absolute Gasteiger partial charge is 0.262 e. The highest BCUT2D eigenvalue weighted by Gasteiger charge is 2.22. The van der Waals surface area contributed by atoms with Gasteiger partial charge in [-0.25, -0.2) is 4.98 Å². The van der Waals surface area contributed by atoms with Gasteiger partial charge in [-0.1, -0.05) is 36.2 Å². The Kier molecular flexibility index (Phi) is 7.74. The van der Waals surface area contributed by atoms with E-state index in [1.54, 1.807) is 47.0 Å². The summed E-state index contributed by atoms with van der Waals surface area (Å²) in [7, 11) is 0. The number of hydrogen-bond acceptors (Lipinski definition) is 6. The van der Waals surface area contributed by atoms with Crippen LogP contribution in [0, 0.1) is 0 Å². The number of hydrogen-bond donors (Lipinski definition) is 1. The lowest BCUT2D eigenvalue weighted by Gasteiger charge is -2.17. The number of nitrogens with one attached hydrogen (secondary N) is 1. The number of thioether (sulfide) groups is 1. The van der Waals surface area contributed by atoms with Gasteiger partial charge in [0.1, 0.15) is 0 Å². The van der Waals surface area contributed by atoms with E-state index in [1.807, 2.05) is 0 Å². The highest BCUT2D eigenvalue weighted by Crippen LogP contribution is 2.24. The van der Waals surface area contributed by atoms with E-state index in [9.17, 15) is 14.4 Å². The molecule has 3 aromatic rings. The molecule has 1 saturated carbocycles. The number of benzene rings is 2. The van der Waals surface area contributed by atoms with Crippen molar-refractivity contribution in [3.8, 4) is 0 Å². The summed E-state index contributed by atoms with van der Waals surface area (Å²) in [4.78, 5) is 43.8. The van der Waals surface area contributed by atoms with E-state index >= 15 is 0 Å². The van der Waals surface area contributed by atoms with Crippen LogP contribution in [0.25, 0.3) is 10.9 Å². The van der Waals surface area contributed by atoms with E-state index in [-0.39, 0.29) is 35.1 Å². The first kappa shape index (κ1) is 25.0. The van der Waals surface area contributed by atoms with E-state index in [0.717, 1.165) is 38.5 Å². The van der Waals surface area contributed by atoms with Crippen molar-refractivity contribution in [2.24, 2.45) is 0 Å². The number of Topliss-reactive ketones (excluding diaryl/α,β-unsaturated/α-hetero) is 1. The van der Waals surface area contributed by atoms with Gasteiger partial charge in [0.2, 0.25) is 0 Å². The van der Waals surface area contributed by atoms with Crippen LogP contribution in [-0.4, -0.2) is 45.7 Å². The molecule has 2 heterocycles. The molecule has 1 aliphatic carbocycles. The van der Waals surface area contributed by atoms with Crippen molar-refractivity contribution in [3.05, 3.63) is 69.0 Å². The number of nitrogens with zero attached hydrogens (tertiary/aromatic N) is 2. The molecule has 5 rings (SSSR count). The Labute approximate surface area is 218 Å². The quantitative estimate of drug-likeness (QED) is 0.256. The first-order valence-electron chi connectivity index (χ1n) is 12.4. The normalized spacial score (nSPS) is 18.1. The van der Waals surface area contributed by atoms with E-state index in [2.05, 4.69) is 5.32 Å². The second-order valence-electron chi connectivity index (χ2n) is 9.35. The molecule has 2 aliphatic rings. The number of aromatic nitrogens is 2. The van der Waals surface area contributed by atoms with Crippen molar-refractivity contribution in [3.63, 3.8) is 0 Å². The second kappa shape index (κ2) is 11.2. The van der Waals surface area contributed by atoms with Crippen LogP contribution in [0.2, 0.25) is 5.02 Å². The standard InChI is InChI=1S/C27H28ClN3O4S/c28-19-10-7-17(8-11-19)24(32)16-36-27-30-23-14-18(25(33)29-20-4-1-2-5-20)9-12-22(23)26(34)31(27)15-21-6-3-13-35-21/h7-12,14,20-21H,1-6,13,15-16H2,(H,29,33)/t21-/m1/s1. The van der Waals surface area contributed by atoms with E-state index < -0.39 is 0 Å². The van der Waals surface area contributed by atoms with Gasteiger partial charge in [-0.15, -0.1) is 0 Å². The monoisotopic (exact) mass is 525 g/mol. The number of rotatable bonds is 8. The molecule has 0 spiro atoms. The van der Waals surface area contributed by atoms with Crippen molar-refractivity contribution >= 4 is 46.0 Å². The molecule has 7 nitrogen and oxygen atoms in total. The van der Waals surface area contributed by atoms with Crippen LogP contribution in [0.5, 0.6) is 0 Å². The molecule has 0 bridgehead atoms. The Morgan fingerprint density at radius 1 is 1.06 bits per heavy atom. The molecule has 2 aromatic carbocycles. The summed E-state index contributed by atoms with van der Waals surface area (Å²) >= 11 is 7.16. The topological polar surface area (TPSA) is 90.3 Å². The summed E-state index contributed by atoms with van der Waals surface area (Å²) in [5.74, 6) is -0.118. The van der Waals surface area contributed by atoms with E-state index in [4.69, 9.17) is 21.3 Å². The molecule has 188 valence electrons. The predicted octanol–water partition coefficient (Wildman–Crippen LogP) is 4.88. The van der Waals surface area contributed by atoms with Gasteiger partial charge < -0.3 is 10.1 Å². The van der Waals surface area contributed by atoms with Crippen LogP contribution in [0.4, 0.5) is 0 Å². The molecule has 1 aromatic heterocycles. The summed E-state index contributed by atoms with van der Waals surface area (Å²) < 4.78 is 7.38. The Balaban J connectivity index is 1.44. The number of ketones is 1. The van der Waals surface area contributed by atoms with Gasteiger partial charge >= 0.3 is 0 Å². The molecular weight excluding hydrogens is 498 g/mol. The SMILES string of the molecule is O=C(CSc1nc2cc(C(=O)NC3CCCC3)ccc2c(=O)n1C[C@H]1CCCO1)c1ccc(Cl)cc1. The largest absolute Gasteiger partial charge is 0.376 e. The maximum absolute atomic E-state index is 13.5. The van der Waals surface area contributed by atoms with Gasteiger partial charge in [-0.05, 0) is 68.1 Å². The summed E-state index contributed by atoms with van der Waals surface area (Å²) in [6, 6.07) is 12.0. The molecule has 36 heavy (non-hydrogen) atoms. The highest BCUT2D eigenvalue weighted by atomic mass is 35.5. The minimum absolute atomic E-state index is 0.0651. The fourth-order valence-electron chi connectivity index (χ4n) is 4.79. The average molecular weight is 526 g/mol. The Bertz CT molecular complexity index is 1330. The van der Waals surface area contributed by atoms with Crippen molar-refractivity contribution in [2.45, 2.75) is 62.4 Å². The van der Waals surface area contributed by atoms with Gasteiger partial charge in [0.25, 0.3) is 11.5 Å². The summed E-state index contributed by atoms with van der Waals surface area (Å²) in [5, 5.41) is 4.54.